The van der Waals surface area contributed by atoms with Gasteiger partial charge in [0.25, 0.3) is 0 Å². The molecule has 0 aliphatic heterocycles. The van der Waals surface area contributed by atoms with E-state index >= 15 is 0 Å². The average Bonchev–Trinajstić information content (AvgIpc) is 2.32. The van der Waals surface area contributed by atoms with Crippen LogP contribution in [0.15, 0.2) is 18.2 Å². The number of nitrogens with zero attached hydrogens (tertiary/aromatic N) is 1. The molecule has 2 nitrogen and oxygen atoms in total. The Morgan fingerprint density at radius 1 is 1.33 bits per heavy atom. The standard InChI is InChI=1S/C16H26N2/c1-4-17-11-15-8-9-16(10-13(15)2)18(3)12-14-6-5-7-14/h8-10,14,17H,4-7,11-12H2,1-3H3. The third kappa shape index (κ3) is 3.26. The summed E-state index contributed by atoms with van der Waals surface area (Å²) in [6.45, 7) is 7.59. The predicted octanol–water partition coefficient (Wildman–Crippen LogP) is 3.34. The van der Waals surface area contributed by atoms with E-state index in [0.717, 1.165) is 19.0 Å². The lowest BCUT2D eigenvalue weighted by Gasteiger charge is -2.31. The lowest BCUT2D eigenvalue weighted by atomic mass is 9.85. The van der Waals surface area contributed by atoms with Crippen LogP contribution in [0, 0.1) is 12.8 Å². The molecule has 0 atom stereocenters. The van der Waals surface area contributed by atoms with Crippen LogP contribution in [0.5, 0.6) is 0 Å². The number of benzene rings is 1. The zero-order chi connectivity index (χ0) is 13.0. The molecule has 0 aromatic heterocycles. The quantitative estimate of drug-likeness (QED) is 0.828. The molecular weight excluding hydrogens is 220 g/mol. The van der Waals surface area contributed by atoms with Crippen molar-refractivity contribution in [3.05, 3.63) is 29.3 Å². The number of hydrogen-bond acceptors (Lipinski definition) is 2. The van der Waals surface area contributed by atoms with Gasteiger partial charge in [-0.3, -0.25) is 0 Å². The fourth-order valence-electron chi connectivity index (χ4n) is 2.54. The van der Waals surface area contributed by atoms with Crippen molar-refractivity contribution in [2.24, 2.45) is 5.92 Å². The highest BCUT2D eigenvalue weighted by Gasteiger charge is 2.19. The summed E-state index contributed by atoms with van der Waals surface area (Å²) in [5, 5.41) is 3.39. The first-order chi connectivity index (χ1) is 8.70. The van der Waals surface area contributed by atoms with Gasteiger partial charge >= 0.3 is 0 Å². The summed E-state index contributed by atoms with van der Waals surface area (Å²) in [4.78, 5) is 2.41. The molecule has 0 radical (unpaired) electrons. The molecule has 1 N–H and O–H groups in total. The molecule has 0 unspecified atom stereocenters. The first-order valence-electron chi connectivity index (χ1n) is 7.22. The zero-order valence-corrected chi connectivity index (χ0v) is 12.0. The lowest BCUT2D eigenvalue weighted by Crippen LogP contribution is -2.29. The van der Waals surface area contributed by atoms with Crippen LogP contribution >= 0.6 is 0 Å². The first kappa shape index (κ1) is 13.4. The van der Waals surface area contributed by atoms with E-state index in [2.05, 4.69) is 49.3 Å². The summed E-state index contributed by atoms with van der Waals surface area (Å²) in [5.74, 6) is 0.928. The highest BCUT2D eigenvalue weighted by atomic mass is 15.1. The summed E-state index contributed by atoms with van der Waals surface area (Å²) in [6.07, 6.45) is 4.27. The number of nitrogens with one attached hydrogen (secondary N) is 1. The second-order valence-corrected chi connectivity index (χ2v) is 5.57. The van der Waals surface area contributed by atoms with Crippen LogP contribution in [0.2, 0.25) is 0 Å². The Morgan fingerprint density at radius 2 is 2.11 bits per heavy atom. The van der Waals surface area contributed by atoms with Crippen molar-refractivity contribution >= 4 is 5.69 Å². The Bertz CT molecular complexity index is 383. The van der Waals surface area contributed by atoms with Gasteiger partial charge in [-0.1, -0.05) is 19.4 Å². The molecule has 0 spiro atoms. The van der Waals surface area contributed by atoms with E-state index in [1.54, 1.807) is 0 Å². The maximum Gasteiger partial charge on any atom is 0.0366 e. The van der Waals surface area contributed by atoms with Gasteiger partial charge in [0.1, 0.15) is 0 Å². The van der Waals surface area contributed by atoms with Crippen LogP contribution in [0.3, 0.4) is 0 Å². The third-order valence-electron chi connectivity index (χ3n) is 4.09. The van der Waals surface area contributed by atoms with E-state index in [4.69, 9.17) is 0 Å². The Labute approximate surface area is 111 Å². The number of hydrogen-bond donors (Lipinski definition) is 1. The van der Waals surface area contributed by atoms with Crippen LogP contribution in [0.1, 0.15) is 37.3 Å². The van der Waals surface area contributed by atoms with Crippen molar-refractivity contribution in [2.45, 2.75) is 39.7 Å². The Kier molecular flexibility index (Phi) is 4.65. The Morgan fingerprint density at radius 3 is 2.67 bits per heavy atom. The minimum absolute atomic E-state index is 0.928. The minimum Gasteiger partial charge on any atom is -0.374 e. The van der Waals surface area contributed by atoms with Gasteiger partial charge in [0, 0.05) is 25.8 Å². The van der Waals surface area contributed by atoms with Gasteiger partial charge in [-0.05, 0) is 55.5 Å². The molecule has 1 aliphatic carbocycles. The second-order valence-electron chi connectivity index (χ2n) is 5.57. The van der Waals surface area contributed by atoms with E-state index in [1.165, 1.54) is 42.6 Å². The van der Waals surface area contributed by atoms with E-state index in [9.17, 15) is 0 Å². The fourth-order valence-corrected chi connectivity index (χ4v) is 2.54. The van der Waals surface area contributed by atoms with Gasteiger partial charge in [-0.25, -0.2) is 0 Å². The number of aryl methyl sites for hydroxylation is 1. The zero-order valence-electron chi connectivity index (χ0n) is 12.0. The van der Waals surface area contributed by atoms with E-state index < -0.39 is 0 Å². The molecule has 1 aromatic carbocycles. The molecule has 1 fully saturated rings. The smallest absolute Gasteiger partial charge is 0.0366 e. The van der Waals surface area contributed by atoms with Gasteiger partial charge < -0.3 is 10.2 Å². The summed E-state index contributed by atoms with van der Waals surface area (Å²) >= 11 is 0. The van der Waals surface area contributed by atoms with Crippen LogP contribution < -0.4 is 10.2 Å². The van der Waals surface area contributed by atoms with Crippen molar-refractivity contribution in [1.29, 1.82) is 0 Å². The number of anilines is 1. The Hall–Kier alpha value is -1.02. The predicted molar refractivity (Wildman–Crippen MR) is 79.2 cm³/mol. The fraction of sp³-hybridized carbons (Fsp3) is 0.625. The summed E-state index contributed by atoms with van der Waals surface area (Å²) in [6, 6.07) is 6.86. The van der Waals surface area contributed by atoms with E-state index in [0.29, 0.717) is 0 Å². The van der Waals surface area contributed by atoms with Gasteiger partial charge in [-0.15, -0.1) is 0 Å². The molecule has 1 aliphatic rings. The summed E-state index contributed by atoms with van der Waals surface area (Å²) in [7, 11) is 2.22. The van der Waals surface area contributed by atoms with E-state index in [-0.39, 0.29) is 0 Å². The largest absolute Gasteiger partial charge is 0.374 e. The highest BCUT2D eigenvalue weighted by molar-refractivity contribution is 5.50. The topological polar surface area (TPSA) is 15.3 Å². The third-order valence-corrected chi connectivity index (χ3v) is 4.09. The first-order valence-corrected chi connectivity index (χ1v) is 7.22. The molecule has 0 bridgehead atoms. The number of rotatable bonds is 6. The SMILES string of the molecule is CCNCc1ccc(N(C)CC2CCC2)cc1C. The van der Waals surface area contributed by atoms with E-state index in [1.807, 2.05) is 0 Å². The molecule has 2 rings (SSSR count). The molecule has 1 saturated carbocycles. The summed E-state index contributed by atoms with van der Waals surface area (Å²) < 4.78 is 0. The van der Waals surface area contributed by atoms with Crippen molar-refractivity contribution in [2.75, 3.05) is 25.0 Å². The molecule has 18 heavy (non-hydrogen) atoms. The molecule has 0 saturated heterocycles. The minimum atomic E-state index is 0.928. The van der Waals surface area contributed by atoms with Crippen molar-refractivity contribution < 1.29 is 0 Å². The molecule has 1 aromatic rings. The van der Waals surface area contributed by atoms with Gasteiger partial charge in [0.15, 0.2) is 0 Å². The van der Waals surface area contributed by atoms with Gasteiger partial charge in [-0.2, -0.15) is 0 Å². The molecule has 2 heteroatoms. The molecule has 100 valence electrons. The van der Waals surface area contributed by atoms with Crippen molar-refractivity contribution in [3.63, 3.8) is 0 Å². The highest BCUT2D eigenvalue weighted by Crippen LogP contribution is 2.28. The molecular formula is C16H26N2. The maximum atomic E-state index is 3.39. The van der Waals surface area contributed by atoms with Gasteiger partial charge in [0.2, 0.25) is 0 Å². The lowest BCUT2D eigenvalue weighted by molar-refractivity contribution is 0.321. The molecule has 0 heterocycles. The van der Waals surface area contributed by atoms with Crippen LogP contribution in [0.4, 0.5) is 5.69 Å². The second kappa shape index (κ2) is 6.24. The maximum absolute atomic E-state index is 3.39. The van der Waals surface area contributed by atoms with Crippen LogP contribution in [0.25, 0.3) is 0 Å². The van der Waals surface area contributed by atoms with Crippen molar-refractivity contribution in [3.8, 4) is 0 Å². The van der Waals surface area contributed by atoms with Crippen LogP contribution in [-0.4, -0.2) is 20.1 Å². The average molecular weight is 246 g/mol. The summed E-state index contributed by atoms with van der Waals surface area (Å²) in [5.41, 5.74) is 4.17. The Balaban J connectivity index is 1.97. The van der Waals surface area contributed by atoms with Crippen LogP contribution in [-0.2, 0) is 6.54 Å². The molecule has 0 amide bonds. The van der Waals surface area contributed by atoms with Crippen molar-refractivity contribution in [1.82, 2.24) is 5.32 Å². The normalized spacial score (nSPS) is 15.5. The monoisotopic (exact) mass is 246 g/mol. The van der Waals surface area contributed by atoms with Gasteiger partial charge in [0.05, 0.1) is 0 Å².